The average molecular weight is 401 g/mol. The minimum Gasteiger partial charge on any atom is -0.493 e. The molecule has 0 heterocycles. The van der Waals surface area contributed by atoms with Gasteiger partial charge in [-0.1, -0.05) is 25.3 Å². The molecule has 0 radical (unpaired) electrons. The second-order valence-corrected chi connectivity index (χ2v) is 7.03. The van der Waals surface area contributed by atoms with Crippen LogP contribution in [0.3, 0.4) is 0 Å². The van der Waals surface area contributed by atoms with Gasteiger partial charge in [-0.25, -0.2) is 0 Å². The average Bonchev–Trinajstić information content (AvgIpc) is 2.67. The maximum absolute atomic E-state index is 12.4. The smallest absolute Gasteiger partial charge is 0.220 e. The maximum atomic E-state index is 12.4. The number of hydrogen-bond acceptors (Lipinski definition) is 5. The van der Waals surface area contributed by atoms with Gasteiger partial charge in [0.2, 0.25) is 11.7 Å². The van der Waals surface area contributed by atoms with Crippen LogP contribution in [0.1, 0.15) is 44.1 Å². The number of nitrogens with one attached hydrogen (secondary N) is 1. The Morgan fingerprint density at radius 3 is 2.30 bits per heavy atom. The third-order valence-electron chi connectivity index (χ3n) is 5.39. The molecular weight excluding hydrogens is 368 g/mol. The van der Waals surface area contributed by atoms with Gasteiger partial charge >= 0.3 is 0 Å². The summed E-state index contributed by atoms with van der Waals surface area (Å²) in [5.41, 5.74) is 6.94. The van der Waals surface area contributed by atoms with Crippen LogP contribution in [-0.2, 0) is 11.2 Å². The molecule has 3 N–H and O–H groups in total. The van der Waals surface area contributed by atoms with E-state index in [1.807, 2.05) is 12.1 Å². The van der Waals surface area contributed by atoms with E-state index in [0.29, 0.717) is 43.2 Å². The Kier molecular flexibility index (Phi) is 9.74. The molecule has 0 aromatic heterocycles. The molecule has 0 unspecified atom stereocenters. The number of benzene rings is 1. The number of carbonyl (C=O) groups excluding carboxylic acids is 1. The summed E-state index contributed by atoms with van der Waals surface area (Å²) < 4.78 is 16.2. The third-order valence-corrected chi connectivity index (χ3v) is 5.39. The summed E-state index contributed by atoms with van der Waals surface area (Å²) in [7, 11) is 4.78. The van der Waals surface area contributed by atoms with Gasteiger partial charge in [0, 0.05) is 18.5 Å². The zero-order chi connectivity index (χ0) is 19.0. The largest absolute Gasteiger partial charge is 0.493 e. The first-order valence-corrected chi connectivity index (χ1v) is 9.34. The standard InChI is InChI=1S/C20H32N2O4.ClH/c1-24-16-8-7-15(18(25-2)19(16)26-3)9-12-22-17(23)13-20(14-21)10-5-4-6-11-20;/h7-8H,4-6,9-14,21H2,1-3H3,(H,22,23);1H. The Hall–Kier alpha value is -1.66. The Morgan fingerprint density at radius 2 is 1.74 bits per heavy atom. The first kappa shape index (κ1) is 23.4. The van der Waals surface area contributed by atoms with Gasteiger partial charge in [0.25, 0.3) is 0 Å². The predicted molar refractivity (Wildman–Crippen MR) is 109 cm³/mol. The Labute approximate surface area is 168 Å². The van der Waals surface area contributed by atoms with E-state index in [0.717, 1.165) is 18.4 Å². The lowest BCUT2D eigenvalue weighted by Crippen LogP contribution is -2.39. The molecule has 6 nitrogen and oxygen atoms in total. The van der Waals surface area contributed by atoms with E-state index in [2.05, 4.69) is 5.32 Å². The van der Waals surface area contributed by atoms with Crippen LogP contribution in [-0.4, -0.2) is 40.3 Å². The van der Waals surface area contributed by atoms with E-state index in [4.69, 9.17) is 19.9 Å². The monoisotopic (exact) mass is 400 g/mol. The molecule has 1 amide bonds. The third kappa shape index (κ3) is 5.91. The van der Waals surface area contributed by atoms with Gasteiger partial charge in [-0.2, -0.15) is 0 Å². The van der Waals surface area contributed by atoms with Crippen LogP contribution in [0, 0.1) is 5.41 Å². The van der Waals surface area contributed by atoms with Crippen LogP contribution in [0.5, 0.6) is 17.2 Å². The lowest BCUT2D eigenvalue weighted by molar-refractivity contribution is -0.123. The second kappa shape index (κ2) is 11.2. The summed E-state index contributed by atoms with van der Waals surface area (Å²) in [6.07, 6.45) is 6.89. The van der Waals surface area contributed by atoms with Crippen molar-refractivity contribution in [2.24, 2.45) is 11.1 Å². The molecule has 154 valence electrons. The highest BCUT2D eigenvalue weighted by Gasteiger charge is 2.32. The number of amides is 1. The van der Waals surface area contributed by atoms with Gasteiger partial charge < -0.3 is 25.3 Å². The molecule has 27 heavy (non-hydrogen) atoms. The molecular formula is C20H33ClN2O4. The number of nitrogens with two attached hydrogens (primary N) is 1. The molecule has 1 aliphatic rings. The highest BCUT2D eigenvalue weighted by Crippen LogP contribution is 2.40. The summed E-state index contributed by atoms with van der Waals surface area (Å²) in [6, 6.07) is 3.79. The summed E-state index contributed by atoms with van der Waals surface area (Å²) in [6.45, 7) is 1.13. The number of carbonyl (C=O) groups is 1. The molecule has 0 aliphatic heterocycles. The normalized spacial score (nSPS) is 15.4. The first-order chi connectivity index (χ1) is 12.6. The second-order valence-electron chi connectivity index (χ2n) is 7.03. The van der Waals surface area contributed by atoms with Crippen molar-refractivity contribution in [3.8, 4) is 17.2 Å². The van der Waals surface area contributed by atoms with Gasteiger partial charge in [-0.3, -0.25) is 4.79 Å². The highest BCUT2D eigenvalue weighted by molar-refractivity contribution is 5.85. The van der Waals surface area contributed by atoms with E-state index in [1.54, 1.807) is 21.3 Å². The number of ether oxygens (including phenoxy) is 3. The lowest BCUT2D eigenvalue weighted by Gasteiger charge is -2.35. The van der Waals surface area contributed by atoms with Gasteiger partial charge in [-0.15, -0.1) is 12.4 Å². The van der Waals surface area contributed by atoms with Gasteiger partial charge in [0.05, 0.1) is 21.3 Å². The molecule has 1 fully saturated rings. The fourth-order valence-electron chi connectivity index (χ4n) is 3.85. The molecule has 0 bridgehead atoms. The lowest BCUT2D eigenvalue weighted by atomic mass is 9.71. The van der Waals surface area contributed by atoms with Gasteiger partial charge in [-0.05, 0) is 37.3 Å². The maximum Gasteiger partial charge on any atom is 0.220 e. The molecule has 0 saturated heterocycles. The molecule has 1 aromatic rings. The van der Waals surface area contributed by atoms with Crippen LogP contribution in [0.15, 0.2) is 12.1 Å². The van der Waals surface area contributed by atoms with Crippen LogP contribution >= 0.6 is 12.4 Å². The van der Waals surface area contributed by atoms with E-state index >= 15 is 0 Å². The van der Waals surface area contributed by atoms with E-state index in [-0.39, 0.29) is 23.7 Å². The van der Waals surface area contributed by atoms with Crippen LogP contribution < -0.4 is 25.3 Å². The summed E-state index contributed by atoms with van der Waals surface area (Å²) in [5.74, 6) is 1.92. The molecule has 2 rings (SSSR count). The number of rotatable bonds is 9. The van der Waals surface area contributed by atoms with Crippen LogP contribution in [0.2, 0.25) is 0 Å². The van der Waals surface area contributed by atoms with Crippen molar-refractivity contribution in [1.29, 1.82) is 0 Å². The topological polar surface area (TPSA) is 82.8 Å². The molecule has 1 aliphatic carbocycles. The van der Waals surface area contributed by atoms with Crippen molar-refractivity contribution >= 4 is 18.3 Å². The SMILES string of the molecule is COc1ccc(CCNC(=O)CC2(CN)CCCCC2)c(OC)c1OC.Cl. The highest BCUT2D eigenvalue weighted by atomic mass is 35.5. The molecule has 0 atom stereocenters. The van der Waals surface area contributed by atoms with E-state index < -0.39 is 0 Å². The van der Waals surface area contributed by atoms with Crippen molar-refractivity contribution in [2.45, 2.75) is 44.9 Å². The Morgan fingerprint density at radius 1 is 1.07 bits per heavy atom. The van der Waals surface area contributed by atoms with Crippen molar-refractivity contribution in [3.05, 3.63) is 17.7 Å². The first-order valence-electron chi connectivity index (χ1n) is 9.34. The van der Waals surface area contributed by atoms with Gasteiger partial charge in [0.15, 0.2) is 11.5 Å². The Balaban J connectivity index is 0.00000364. The molecule has 1 aromatic carbocycles. The fourth-order valence-corrected chi connectivity index (χ4v) is 3.85. The summed E-state index contributed by atoms with van der Waals surface area (Å²) in [4.78, 5) is 12.4. The molecule has 7 heteroatoms. The number of hydrogen-bond donors (Lipinski definition) is 2. The van der Waals surface area contributed by atoms with Crippen molar-refractivity contribution in [2.75, 3.05) is 34.4 Å². The summed E-state index contributed by atoms with van der Waals surface area (Å²) in [5, 5.41) is 3.03. The summed E-state index contributed by atoms with van der Waals surface area (Å²) >= 11 is 0. The zero-order valence-corrected chi connectivity index (χ0v) is 17.5. The minimum absolute atomic E-state index is 0. The fraction of sp³-hybridized carbons (Fsp3) is 0.650. The number of methoxy groups -OCH3 is 3. The minimum atomic E-state index is -0.0106. The van der Waals surface area contributed by atoms with Gasteiger partial charge in [0.1, 0.15) is 0 Å². The van der Waals surface area contributed by atoms with E-state index in [9.17, 15) is 4.79 Å². The molecule has 0 spiro atoms. The molecule has 1 saturated carbocycles. The van der Waals surface area contributed by atoms with E-state index in [1.165, 1.54) is 19.3 Å². The van der Waals surface area contributed by atoms with Crippen LogP contribution in [0.4, 0.5) is 0 Å². The zero-order valence-electron chi connectivity index (χ0n) is 16.6. The quantitative estimate of drug-likeness (QED) is 0.665. The predicted octanol–water partition coefficient (Wildman–Crippen LogP) is 3.09. The van der Waals surface area contributed by atoms with Crippen molar-refractivity contribution < 1.29 is 19.0 Å². The Bertz CT molecular complexity index is 604. The number of halogens is 1. The van der Waals surface area contributed by atoms with Crippen LogP contribution in [0.25, 0.3) is 0 Å². The van der Waals surface area contributed by atoms with Crippen molar-refractivity contribution in [3.63, 3.8) is 0 Å². The van der Waals surface area contributed by atoms with Crippen molar-refractivity contribution in [1.82, 2.24) is 5.32 Å².